The highest BCUT2D eigenvalue weighted by Crippen LogP contribution is 2.36. The van der Waals surface area contributed by atoms with Gasteiger partial charge in [0.25, 0.3) is 0 Å². The highest BCUT2D eigenvalue weighted by atomic mass is 19.4. The molecule has 1 aliphatic heterocycles. The highest BCUT2D eigenvalue weighted by Gasteiger charge is 2.37. The van der Waals surface area contributed by atoms with E-state index in [1.165, 1.54) is 31.4 Å². The molecule has 168 valence electrons. The van der Waals surface area contributed by atoms with Crippen LogP contribution in [-0.4, -0.2) is 56.3 Å². The van der Waals surface area contributed by atoms with E-state index in [9.17, 15) is 18.0 Å². The smallest absolute Gasteiger partial charge is 0.419 e. The molecule has 1 fully saturated rings. The number of nitrogens with one attached hydrogen (secondary N) is 1. The van der Waals surface area contributed by atoms with Crippen LogP contribution in [0.1, 0.15) is 18.4 Å². The highest BCUT2D eigenvalue weighted by molar-refractivity contribution is 5.91. The molecule has 2 heterocycles. The molecule has 1 saturated heterocycles. The number of halogens is 3. The second kappa shape index (κ2) is 9.32. The number of piperidine rings is 1. The second-order valence-corrected chi connectivity index (χ2v) is 7.22. The number of hydrogen-bond donors (Lipinski definition) is 1. The molecule has 1 atom stereocenters. The molecule has 0 radical (unpaired) electrons. The first-order valence-electron chi connectivity index (χ1n) is 9.77. The number of rotatable bonds is 5. The number of ether oxygens (including phenoxy) is 2. The van der Waals surface area contributed by atoms with Gasteiger partial charge in [0, 0.05) is 38.4 Å². The second-order valence-electron chi connectivity index (χ2n) is 7.22. The number of amides is 2. The van der Waals surface area contributed by atoms with Crippen molar-refractivity contribution in [1.82, 2.24) is 9.88 Å². The Morgan fingerprint density at radius 3 is 2.71 bits per heavy atom. The van der Waals surface area contributed by atoms with E-state index in [2.05, 4.69) is 10.3 Å². The van der Waals surface area contributed by atoms with Crippen LogP contribution in [0.4, 0.5) is 29.5 Å². The molecule has 1 aromatic carbocycles. The summed E-state index contributed by atoms with van der Waals surface area (Å²) in [6, 6.07) is 6.66. The van der Waals surface area contributed by atoms with Gasteiger partial charge in [-0.3, -0.25) is 0 Å². The Morgan fingerprint density at radius 1 is 1.26 bits per heavy atom. The molecule has 0 bridgehead atoms. The van der Waals surface area contributed by atoms with E-state index in [-0.39, 0.29) is 24.4 Å². The number of benzene rings is 1. The fraction of sp³-hybridized carbons (Fsp3) is 0.429. The number of alkyl halides is 3. The van der Waals surface area contributed by atoms with Gasteiger partial charge in [-0.05, 0) is 37.1 Å². The Morgan fingerprint density at radius 2 is 2.03 bits per heavy atom. The van der Waals surface area contributed by atoms with Gasteiger partial charge in [-0.15, -0.1) is 0 Å². The van der Waals surface area contributed by atoms with Gasteiger partial charge in [0.1, 0.15) is 17.3 Å². The van der Waals surface area contributed by atoms with Gasteiger partial charge in [-0.2, -0.15) is 13.2 Å². The molecule has 0 saturated carbocycles. The zero-order valence-corrected chi connectivity index (χ0v) is 17.6. The third-order valence-electron chi connectivity index (χ3n) is 5.31. The Bertz CT molecular complexity index is 923. The average molecular weight is 438 g/mol. The number of likely N-dealkylation sites (N-methyl/N-ethyl adjacent to an activating group) is 1. The van der Waals surface area contributed by atoms with Crippen LogP contribution in [0, 0.1) is 0 Å². The van der Waals surface area contributed by atoms with Crippen molar-refractivity contribution in [2.75, 3.05) is 44.6 Å². The maximum absolute atomic E-state index is 13.4. The summed E-state index contributed by atoms with van der Waals surface area (Å²) in [5, 5.41) is 2.81. The van der Waals surface area contributed by atoms with E-state index in [1.54, 1.807) is 30.1 Å². The van der Waals surface area contributed by atoms with Crippen LogP contribution in [0.5, 0.6) is 11.5 Å². The number of urea groups is 1. The number of nitrogens with zero attached hydrogens (tertiary/aromatic N) is 3. The zero-order chi connectivity index (χ0) is 22.6. The number of likely N-dealkylation sites (tertiary alicyclic amines) is 1. The third-order valence-corrected chi connectivity index (χ3v) is 5.31. The first-order valence-corrected chi connectivity index (χ1v) is 9.77. The molecule has 2 aromatic rings. The van der Waals surface area contributed by atoms with Gasteiger partial charge in [-0.1, -0.05) is 0 Å². The number of methoxy groups -OCH3 is 2. The molecular weight excluding hydrogens is 413 g/mol. The maximum atomic E-state index is 13.4. The van der Waals surface area contributed by atoms with Crippen molar-refractivity contribution in [3.63, 3.8) is 0 Å². The van der Waals surface area contributed by atoms with E-state index in [0.29, 0.717) is 36.6 Å². The SMILES string of the molecule is COc1ccc(NC(=O)N2CCCC(N(C)c3ncccc3C(F)(F)F)C2)c(OC)c1. The lowest BCUT2D eigenvalue weighted by Gasteiger charge is -2.38. The van der Waals surface area contributed by atoms with E-state index >= 15 is 0 Å². The van der Waals surface area contributed by atoms with Crippen LogP contribution in [0.25, 0.3) is 0 Å². The van der Waals surface area contributed by atoms with Gasteiger partial charge in [0.15, 0.2) is 0 Å². The molecular formula is C21H25F3N4O3. The summed E-state index contributed by atoms with van der Waals surface area (Å²) in [6.07, 6.45) is -1.85. The fourth-order valence-electron chi connectivity index (χ4n) is 3.62. The van der Waals surface area contributed by atoms with Crippen LogP contribution < -0.4 is 19.7 Å². The number of aromatic nitrogens is 1. The summed E-state index contributed by atoms with van der Waals surface area (Å²) in [5.74, 6) is 0.895. The number of carbonyl (C=O) groups is 1. The van der Waals surface area contributed by atoms with Crippen LogP contribution in [-0.2, 0) is 6.18 Å². The molecule has 1 aliphatic rings. The summed E-state index contributed by atoms with van der Waals surface area (Å²) >= 11 is 0. The average Bonchev–Trinajstić information content (AvgIpc) is 2.78. The van der Waals surface area contributed by atoms with E-state index in [1.807, 2.05) is 0 Å². The Kier molecular flexibility index (Phi) is 6.77. The molecule has 31 heavy (non-hydrogen) atoms. The van der Waals surface area contributed by atoms with Crippen LogP contribution in [0.2, 0.25) is 0 Å². The van der Waals surface area contributed by atoms with Crippen LogP contribution in [0.3, 0.4) is 0 Å². The Hall–Kier alpha value is -3.17. The van der Waals surface area contributed by atoms with Crippen molar-refractivity contribution in [2.45, 2.75) is 25.1 Å². The molecule has 0 spiro atoms. The summed E-state index contributed by atoms with van der Waals surface area (Å²) in [5.41, 5.74) is -0.310. The minimum Gasteiger partial charge on any atom is -0.497 e. The van der Waals surface area contributed by atoms with Crippen LogP contribution in [0.15, 0.2) is 36.5 Å². The molecule has 1 unspecified atom stereocenters. The summed E-state index contributed by atoms with van der Waals surface area (Å²) in [7, 11) is 4.60. The van der Waals surface area contributed by atoms with E-state index < -0.39 is 11.7 Å². The topological polar surface area (TPSA) is 66.9 Å². The fourth-order valence-corrected chi connectivity index (χ4v) is 3.62. The van der Waals surface area contributed by atoms with E-state index in [0.717, 1.165) is 6.07 Å². The van der Waals surface area contributed by atoms with E-state index in [4.69, 9.17) is 9.47 Å². The van der Waals surface area contributed by atoms with Gasteiger partial charge < -0.3 is 24.6 Å². The molecule has 1 aromatic heterocycles. The number of hydrogen-bond acceptors (Lipinski definition) is 5. The number of carbonyl (C=O) groups excluding carboxylic acids is 1. The predicted octanol–water partition coefficient (Wildman–Crippen LogP) is 4.25. The quantitative estimate of drug-likeness (QED) is 0.756. The zero-order valence-electron chi connectivity index (χ0n) is 17.6. The number of pyridine rings is 1. The largest absolute Gasteiger partial charge is 0.497 e. The minimum atomic E-state index is -4.51. The molecule has 10 heteroatoms. The normalized spacial score (nSPS) is 16.6. The lowest BCUT2D eigenvalue weighted by atomic mass is 10.0. The Balaban J connectivity index is 1.73. The van der Waals surface area contributed by atoms with Crippen molar-refractivity contribution < 1.29 is 27.4 Å². The summed E-state index contributed by atoms with van der Waals surface area (Å²) < 4.78 is 50.6. The first kappa shape index (κ1) is 22.5. The summed E-state index contributed by atoms with van der Waals surface area (Å²) in [6.45, 7) is 0.775. The molecule has 7 nitrogen and oxygen atoms in total. The van der Waals surface area contributed by atoms with Crippen molar-refractivity contribution in [2.24, 2.45) is 0 Å². The Labute approximate surface area is 178 Å². The minimum absolute atomic E-state index is 0.140. The van der Waals surface area contributed by atoms with Gasteiger partial charge in [-0.25, -0.2) is 9.78 Å². The van der Waals surface area contributed by atoms with Crippen molar-refractivity contribution in [3.05, 3.63) is 42.1 Å². The maximum Gasteiger partial charge on any atom is 0.419 e. The molecule has 3 rings (SSSR count). The third kappa shape index (κ3) is 5.12. The van der Waals surface area contributed by atoms with Crippen molar-refractivity contribution >= 4 is 17.5 Å². The lowest BCUT2D eigenvalue weighted by Crippen LogP contribution is -2.50. The van der Waals surface area contributed by atoms with Crippen molar-refractivity contribution in [1.29, 1.82) is 0 Å². The number of anilines is 2. The first-order chi connectivity index (χ1) is 14.7. The van der Waals surface area contributed by atoms with Gasteiger partial charge >= 0.3 is 12.2 Å². The molecule has 1 N–H and O–H groups in total. The van der Waals surface area contributed by atoms with Crippen molar-refractivity contribution in [3.8, 4) is 11.5 Å². The lowest BCUT2D eigenvalue weighted by molar-refractivity contribution is -0.137. The van der Waals surface area contributed by atoms with Gasteiger partial charge in [0.05, 0.1) is 25.5 Å². The van der Waals surface area contributed by atoms with Gasteiger partial charge in [0.2, 0.25) is 0 Å². The predicted molar refractivity (Wildman–Crippen MR) is 111 cm³/mol. The summed E-state index contributed by atoms with van der Waals surface area (Å²) in [4.78, 5) is 19.9. The molecule has 0 aliphatic carbocycles. The standard InChI is InChI=1S/C21H25F3N4O3/c1-27(19-16(21(22,23)24)7-4-10-25-19)14-6-5-11-28(13-14)20(29)26-17-9-8-15(30-2)12-18(17)31-3/h4,7-10,12,14H,5-6,11,13H2,1-3H3,(H,26,29). The monoisotopic (exact) mass is 438 g/mol. The van der Waals surface area contributed by atoms with Crippen LogP contribution >= 0.6 is 0 Å². The molecule has 2 amide bonds.